The number of rotatable bonds is 7. The molecule has 2 amide bonds. The van der Waals surface area contributed by atoms with Gasteiger partial charge in [0.2, 0.25) is 5.91 Å². The summed E-state index contributed by atoms with van der Waals surface area (Å²) >= 11 is 0. The fourth-order valence-electron chi connectivity index (χ4n) is 5.62. The fraction of sp³-hybridized carbons (Fsp3) is 0.516. The van der Waals surface area contributed by atoms with Crippen molar-refractivity contribution in [1.82, 2.24) is 4.90 Å². The summed E-state index contributed by atoms with van der Waals surface area (Å²) < 4.78 is 33.6. The van der Waals surface area contributed by atoms with Gasteiger partial charge >= 0.3 is 5.97 Å². The molecule has 2 aromatic rings. The van der Waals surface area contributed by atoms with Crippen LogP contribution in [0, 0.1) is 24.1 Å². The van der Waals surface area contributed by atoms with Crippen molar-refractivity contribution in [2.45, 2.75) is 59.2 Å². The summed E-state index contributed by atoms with van der Waals surface area (Å²) in [5.41, 5.74) is 1.34. The Morgan fingerprint density at radius 1 is 1.10 bits per heavy atom. The quantitative estimate of drug-likeness (QED) is 0.513. The Hall–Kier alpha value is -3.66. The summed E-state index contributed by atoms with van der Waals surface area (Å²) in [6.45, 7) is 8.38. The van der Waals surface area contributed by atoms with E-state index in [4.69, 9.17) is 14.2 Å². The van der Waals surface area contributed by atoms with Crippen LogP contribution in [-0.4, -0.2) is 67.7 Å². The molecular formula is C31H39FN2O7. The van der Waals surface area contributed by atoms with Crippen molar-refractivity contribution in [2.75, 3.05) is 38.8 Å². The Balaban J connectivity index is 1.81. The van der Waals surface area contributed by atoms with Crippen LogP contribution < -0.4 is 14.4 Å². The van der Waals surface area contributed by atoms with E-state index in [2.05, 4.69) is 0 Å². The van der Waals surface area contributed by atoms with Gasteiger partial charge in [-0.3, -0.25) is 14.4 Å². The van der Waals surface area contributed by atoms with Crippen LogP contribution in [0.3, 0.4) is 0 Å². The molecule has 0 bridgehead atoms. The SMILES string of the molecule is COc1cccc(C2OC(CC(=O)N3CCC(C(=O)O)CC3)C(=O)N(CC(C)(C)C)c3c(F)cc(C)cc32)c1OC. The molecule has 41 heavy (non-hydrogen) atoms. The number of carbonyl (C=O) groups is 3. The first kappa shape index (κ1) is 30.3. The van der Waals surface area contributed by atoms with E-state index in [1.54, 1.807) is 36.1 Å². The third kappa shape index (κ3) is 6.48. The molecule has 1 fully saturated rings. The number of aryl methyl sites for hydroxylation is 1. The molecule has 2 heterocycles. The van der Waals surface area contributed by atoms with Crippen LogP contribution in [0.5, 0.6) is 11.5 Å². The number of hydrogen-bond acceptors (Lipinski definition) is 6. The number of nitrogens with zero attached hydrogens (tertiary/aromatic N) is 2. The van der Waals surface area contributed by atoms with Crippen molar-refractivity contribution in [2.24, 2.45) is 11.3 Å². The van der Waals surface area contributed by atoms with Gasteiger partial charge in [-0.25, -0.2) is 4.39 Å². The number of carboxylic acid groups (broad SMARTS) is 1. The number of aliphatic carboxylic acids is 1. The maximum atomic E-state index is 15.9. The molecule has 4 rings (SSSR count). The minimum Gasteiger partial charge on any atom is -0.493 e. The van der Waals surface area contributed by atoms with Crippen molar-refractivity contribution in [3.63, 3.8) is 0 Å². The molecule has 0 aromatic heterocycles. The zero-order valence-electron chi connectivity index (χ0n) is 24.5. The zero-order valence-corrected chi connectivity index (χ0v) is 24.5. The number of amides is 2. The molecule has 1 saturated heterocycles. The molecule has 0 aliphatic carbocycles. The number of ether oxygens (including phenoxy) is 3. The van der Waals surface area contributed by atoms with Gasteiger partial charge in [-0.2, -0.15) is 0 Å². The number of fused-ring (bicyclic) bond motifs is 1. The van der Waals surface area contributed by atoms with Crippen LogP contribution in [0.15, 0.2) is 30.3 Å². The number of para-hydroxylation sites is 1. The molecule has 0 saturated carbocycles. The van der Waals surface area contributed by atoms with Crippen molar-refractivity contribution in [1.29, 1.82) is 0 Å². The van der Waals surface area contributed by atoms with Crippen molar-refractivity contribution < 1.29 is 38.1 Å². The van der Waals surface area contributed by atoms with E-state index < -0.39 is 41.2 Å². The first-order valence-corrected chi connectivity index (χ1v) is 13.8. The van der Waals surface area contributed by atoms with Crippen molar-refractivity contribution in [3.05, 3.63) is 52.8 Å². The summed E-state index contributed by atoms with van der Waals surface area (Å²) in [4.78, 5) is 42.0. The van der Waals surface area contributed by atoms with Gasteiger partial charge in [0.05, 0.1) is 32.2 Å². The largest absolute Gasteiger partial charge is 0.493 e. The minimum absolute atomic E-state index is 0.114. The number of halogens is 1. The highest BCUT2D eigenvalue weighted by molar-refractivity contribution is 6.00. The number of likely N-dealkylation sites (tertiary alicyclic amines) is 1. The number of carbonyl (C=O) groups excluding carboxylic acids is 2. The lowest BCUT2D eigenvalue weighted by Crippen LogP contribution is -2.47. The predicted molar refractivity (Wildman–Crippen MR) is 151 cm³/mol. The molecule has 9 nitrogen and oxygen atoms in total. The van der Waals surface area contributed by atoms with Crippen molar-refractivity contribution in [3.8, 4) is 11.5 Å². The smallest absolute Gasteiger partial charge is 0.306 e. The first-order chi connectivity index (χ1) is 19.3. The van der Waals surface area contributed by atoms with Crippen LogP contribution in [0.1, 0.15) is 62.8 Å². The van der Waals surface area contributed by atoms with Crippen molar-refractivity contribution >= 4 is 23.5 Å². The van der Waals surface area contributed by atoms with Crippen LogP contribution in [0.4, 0.5) is 10.1 Å². The Bertz CT molecular complexity index is 1310. The Labute approximate surface area is 240 Å². The standard InChI is InChI=1S/C31H39FN2O7/c1-18-14-21-26(22(32)15-18)34(17-31(2,3)4)29(36)24(16-25(35)33-12-10-19(11-13-33)30(37)38)41-27(21)20-8-7-9-23(39-5)28(20)40-6/h7-9,14-15,19,24,27H,10-13,16-17H2,1-6H3,(H,37,38). The predicted octanol–water partition coefficient (Wildman–Crippen LogP) is 4.73. The molecule has 0 spiro atoms. The van der Waals surface area contributed by atoms with E-state index in [1.807, 2.05) is 20.8 Å². The number of anilines is 1. The molecule has 2 atom stereocenters. The van der Waals surface area contributed by atoms with E-state index in [-0.39, 0.29) is 37.6 Å². The zero-order chi connectivity index (χ0) is 30.1. The second-order valence-electron chi connectivity index (χ2n) is 12.0. The van der Waals surface area contributed by atoms with Gasteiger partial charge in [-0.1, -0.05) is 39.0 Å². The van der Waals surface area contributed by atoms with Crippen LogP contribution in [-0.2, 0) is 19.1 Å². The second kappa shape index (κ2) is 12.1. The van der Waals surface area contributed by atoms with Gasteiger partial charge < -0.3 is 29.1 Å². The van der Waals surface area contributed by atoms with Crippen LogP contribution in [0.25, 0.3) is 0 Å². The first-order valence-electron chi connectivity index (χ1n) is 13.8. The number of benzene rings is 2. The van der Waals surface area contributed by atoms with Crippen LogP contribution >= 0.6 is 0 Å². The van der Waals surface area contributed by atoms with E-state index in [0.717, 1.165) is 0 Å². The molecule has 0 radical (unpaired) electrons. The maximum Gasteiger partial charge on any atom is 0.306 e. The number of carboxylic acids is 1. The molecule has 10 heteroatoms. The van der Waals surface area contributed by atoms with E-state index in [0.29, 0.717) is 41.0 Å². The minimum atomic E-state index is -1.23. The topological polar surface area (TPSA) is 106 Å². The normalized spacial score (nSPS) is 19.9. The molecule has 2 aliphatic heterocycles. The van der Waals surface area contributed by atoms with Gasteiger partial charge in [0.15, 0.2) is 11.5 Å². The second-order valence-corrected chi connectivity index (χ2v) is 12.0. The lowest BCUT2D eigenvalue weighted by molar-refractivity contribution is -0.148. The highest BCUT2D eigenvalue weighted by atomic mass is 19.1. The number of piperidine rings is 1. The van der Waals surface area contributed by atoms with E-state index in [9.17, 15) is 19.5 Å². The third-order valence-electron chi connectivity index (χ3n) is 7.54. The molecule has 2 unspecified atom stereocenters. The lowest BCUT2D eigenvalue weighted by Gasteiger charge is -2.33. The molecule has 222 valence electrons. The highest BCUT2D eigenvalue weighted by Crippen LogP contribution is 2.46. The third-order valence-corrected chi connectivity index (χ3v) is 7.54. The van der Waals surface area contributed by atoms with Gasteiger partial charge in [-0.15, -0.1) is 0 Å². The van der Waals surface area contributed by atoms with E-state index >= 15 is 4.39 Å². The summed E-state index contributed by atoms with van der Waals surface area (Å²) in [6.07, 6.45) is -1.76. The summed E-state index contributed by atoms with van der Waals surface area (Å²) in [5, 5.41) is 9.33. The number of methoxy groups -OCH3 is 2. The fourth-order valence-corrected chi connectivity index (χ4v) is 5.62. The molecule has 2 aliphatic rings. The Morgan fingerprint density at radius 3 is 2.37 bits per heavy atom. The Kier molecular flexibility index (Phi) is 8.91. The van der Waals surface area contributed by atoms with Gasteiger partial charge in [0.1, 0.15) is 18.0 Å². The molecule has 1 N–H and O–H groups in total. The molecule has 2 aromatic carbocycles. The Morgan fingerprint density at radius 2 is 1.78 bits per heavy atom. The average Bonchev–Trinajstić information content (AvgIpc) is 3.02. The van der Waals surface area contributed by atoms with Gasteiger partial charge in [0, 0.05) is 30.8 Å². The summed E-state index contributed by atoms with van der Waals surface area (Å²) in [7, 11) is 3.01. The highest BCUT2D eigenvalue weighted by Gasteiger charge is 2.42. The van der Waals surface area contributed by atoms with Gasteiger partial charge in [-0.05, 0) is 42.9 Å². The molecular weight excluding hydrogens is 531 g/mol. The summed E-state index contributed by atoms with van der Waals surface area (Å²) in [5.74, 6) is -1.94. The maximum absolute atomic E-state index is 15.9. The summed E-state index contributed by atoms with van der Waals surface area (Å²) in [6, 6.07) is 8.45. The van der Waals surface area contributed by atoms with Crippen LogP contribution in [0.2, 0.25) is 0 Å². The van der Waals surface area contributed by atoms with E-state index in [1.165, 1.54) is 25.2 Å². The number of hydrogen-bond donors (Lipinski definition) is 1. The lowest BCUT2D eigenvalue weighted by atomic mass is 9.93. The van der Waals surface area contributed by atoms with Gasteiger partial charge in [0.25, 0.3) is 5.91 Å². The average molecular weight is 571 g/mol. The monoisotopic (exact) mass is 570 g/mol.